The molecule has 0 radical (unpaired) electrons. The molecule has 0 unspecified atom stereocenters. The number of sulfonamides is 1. The summed E-state index contributed by atoms with van der Waals surface area (Å²) < 4.78 is 27.6. The number of nitrogens with zero attached hydrogens (tertiary/aromatic N) is 1. The molecule has 8 nitrogen and oxygen atoms in total. The van der Waals surface area contributed by atoms with E-state index in [2.05, 4.69) is 16.1 Å². The summed E-state index contributed by atoms with van der Waals surface area (Å²) in [4.78, 5) is 22.9. The molecule has 0 fully saturated rings. The van der Waals surface area contributed by atoms with Gasteiger partial charge < -0.3 is 5.32 Å². The summed E-state index contributed by atoms with van der Waals surface area (Å²) in [5.74, 6) is -0.421. The Balaban J connectivity index is 1.52. The molecule has 158 valence electrons. The van der Waals surface area contributed by atoms with Gasteiger partial charge in [-0.1, -0.05) is 6.07 Å². The van der Waals surface area contributed by atoms with Crippen molar-refractivity contribution in [2.45, 2.75) is 56.4 Å². The normalized spacial score (nSPS) is 16.0. The van der Waals surface area contributed by atoms with Crippen LogP contribution in [0.25, 0.3) is 0 Å². The zero-order valence-corrected chi connectivity index (χ0v) is 17.4. The first-order valence-electron chi connectivity index (χ1n) is 10.0. The number of amides is 1. The number of aryl methyl sites for hydroxylation is 2. The highest BCUT2D eigenvalue weighted by atomic mass is 32.2. The molecule has 0 heterocycles. The molecule has 2 aromatic carbocycles. The molecular weight excluding hydrogens is 406 g/mol. The number of carbonyl (C=O) groups is 1. The predicted octanol–water partition coefficient (Wildman–Crippen LogP) is 2.88. The molecule has 2 N–H and O–H groups in total. The number of non-ortho nitro benzene ring substituents is 1. The molecule has 9 heteroatoms. The average molecular weight is 429 g/mol. The molecule has 1 atom stereocenters. The second kappa shape index (κ2) is 7.81. The minimum atomic E-state index is -4.00. The molecule has 4 rings (SSSR count). The third kappa shape index (κ3) is 3.82. The van der Waals surface area contributed by atoms with Crippen LogP contribution in [0.1, 0.15) is 42.0 Å². The van der Waals surface area contributed by atoms with E-state index in [1.54, 1.807) is 0 Å². The van der Waals surface area contributed by atoms with Crippen molar-refractivity contribution in [2.75, 3.05) is 5.32 Å². The van der Waals surface area contributed by atoms with Crippen LogP contribution in [-0.2, 0) is 40.5 Å². The molecule has 2 aliphatic rings. The quantitative estimate of drug-likeness (QED) is 0.541. The smallest absolute Gasteiger partial charge is 0.269 e. The molecule has 0 bridgehead atoms. The van der Waals surface area contributed by atoms with E-state index in [0.717, 1.165) is 68.5 Å². The predicted molar refractivity (Wildman–Crippen MR) is 112 cm³/mol. The summed E-state index contributed by atoms with van der Waals surface area (Å²) in [6.07, 6.45) is 5.97. The Morgan fingerprint density at radius 2 is 1.60 bits per heavy atom. The number of benzene rings is 2. The van der Waals surface area contributed by atoms with Crippen LogP contribution in [0.2, 0.25) is 0 Å². The minimum Gasteiger partial charge on any atom is -0.324 e. The van der Waals surface area contributed by atoms with E-state index >= 15 is 0 Å². The van der Waals surface area contributed by atoms with Gasteiger partial charge in [-0.25, -0.2) is 8.42 Å². The Morgan fingerprint density at radius 1 is 1.03 bits per heavy atom. The molecule has 2 aliphatic carbocycles. The number of fused-ring (bicyclic) bond motifs is 2. The number of hydrogen-bond donors (Lipinski definition) is 2. The van der Waals surface area contributed by atoms with Crippen molar-refractivity contribution in [1.29, 1.82) is 0 Å². The average Bonchev–Trinajstić information content (AvgIpc) is 3.36. The zero-order chi connectivity index (χ0) is 21.5. The number of anilines is 1. The van der Waals surface area contributed by atoms with Crippen molar-refractivity contribution in [3.63, 3.8) is 0 Å². The topological polar surface area (TPSA) is 118 Å². The molecule has 0 aliphatic heterocycles. The summed E-state index contributed by atoms with van der Waals surface area (Å²) in [6, 6.07) is 5.82. The molecule has 0 saturated heterocycles. The van der Waals surface area contributed by atoms with Crippen LogP contribution < -0.4 is 10.0 Å². The van der Waals surface area contributed by atoms with Gasteiger partial charge in [0.2, 0.25) is 15.9 Å². The molecule has 0 aromatic heterocycles. The molecular formula is C21H23N3O5S. The molecule has 30 heavy (non-hydrogen) atoms. The van der Waals surface area contributed by atoms with Crippen LogP contribution in [0.3, 0.4) is 0 Å². The maximum absolute atomic E-state index is 12.8. The van der Waals surface area contributed by atoms with Crippen LogP contribution in [0.4, 0.5) is 11.4 Å². The Labute approximate surface area is 174 Å². The summed E-state index contributed by atoms with van der Waals surface area (Å²) in [6.45, 7) is 1.49. The zero-order valence-electron chi connectivity index (χ0n) is 16.6. The first-order valence-corrected chi connectivity index (χ1v) is 11.5. The first-order chi connectivity index (χ1) is 14.3. The fourth-order valence-corrected chi connectivity index (χ4v) is 5.50. The lowest BCUT2D eigenvalue weighted by Gasteiger charge is -2.19. The van der Waals surface area contributed by atoms with E-state index in [1.807, 2.05) is 0 Å². The number of nitro benzene ring substituents is 1. The van der Waals surface area contributed by atoms with Crippen molar-refractivity contribution in [1.82, 2.24) is 4.72 Å². The fourth-order valence-electron chi connectivity index (χ4n) is 4.30. The third-order valence-electron chi connectivity index (χ3n) is 5.80. The number of rotatable bonds is 6. The maximum Gasteiger partial charge on any atom is 0.269 e. The van der Waals surface area contributed by atoms with E-state index in [-0.39, 0.29) is 10.6 Å². The largest absolute Gasteiger partial charge is 0.324 e. The highest BCUT2D eigenvalue weighted by Crippen LogP contribution is 2.38. The van der Waals surface area contributed by atoms with Crippen LogP contribution >= 0.6 is 0 Å². The van der Waals surface area contributed by atoms with Gasteiger partial charge in [0, 0.05) is 17.8 Å². The van der Waals surface area contributed by atoms with Crippen LogP contribution in [0, 0.1) is 10.1 Å². The van der Waals surface area contributed by atoms with Gasteiger partial charge in [-0.3, -0.25) is 14.9 Å². The summed E-state index contributed by atoms with van der Waals surface area (Å²) in [5.41, 5.74) is 5.58. The Morgan fingerprint density at radius 3 is 2.13 bits per heavy atom. The van der Waals surface area contributed by atoms with Crippen LogP contribution in [0.5, 0.6) is 0 Å². The fraction of sp³-hybridized carbons (Fsp3) is 0.381. The van der Waals surface area contributed by atoms with Crippen molar-refractivity contribution >= 4 is 27.3 Å². The third-order valence-corrected chi connectivity index (χ3v) is 7.36. The van der Waals surface area contributed by atoms with Crippen molar-refractivity contribution in [3.05, 3.63) is 62.7 Å². The second-order valence-electron chi connectivity index (χ2n) is 7.82. The van der Waals surface area contributed by atoms with E-state index in [4.69, 9.17) is 0 Å². The van der Waals surface area contributed by atoms with E-state index in [9.17, 15) is 23.3 Å². The lowest BCUT2D eigenvalue weighted by atomic mass is 9.98. The van der Waals surface area contributed by atoms with Gasteiger partial charge in [0.25, 0.3) is 5.69 Å². The van der Waals surface area contributed by atoms with Gasteiger partial charge in [-0.2, -0.15) is 4.72 Å². The summed E-state index contributed by atoms with van der Waals surface area (Å²) in [7, 11) is -4.00. The van der Waals surface area contributed by atoms with Crippen molar-refractivity contribution < 1.29 is 18.1 Å². The Bertz CT molecular complexity index is 1090. The molecule has 0 saturated carbocycles. The van der Waals surface area contributed by atoms with Gasteiger partial charge in [0.05, 0.1) is 15.9 Å². The summed E-state index contributed by atoms with van der Waals surface area (Å²) in [5, 5.41) is 13.7. The van der Waals surface area contributed by atoms with Gasteiger partial charge in [-0.05, 0) is 79.8 Å². The van der Waals surface area contributed by atoms with E-state index in [1.165, 1.54) is 29.2 Å². The van der Waals surface area contributed by atoms with Gasteiger partial charge in [0.15, 0.2) is 0 Å². The minimum absolute atomic E-state index is 0.130. The second-order valence-corrected chi connectivity index (χ2v) is 9.53. The lowest BCUT2D eigenvalue weighted by Crippen LogP contribution is -2.41. The molecule has 0 spiro atoms. The monoisotopic (exact) mass is 429 g/mol. The number of nitro groups is 1. The van der Waals surface area contributed by atoms with E-state index in [0.29, 0.717) is 0 Å². The maximum atomic E-state index is 12.8. The van der Waals surface area contributed by atoms with Crippen LogP contribution in [-0.4, -0.2) is 25.3 Å². The van der Waals surface area contributed by atoms with Gasteiger partial charge in [-0.15, -0.1) is 0 Å². The number of hydrogen-bond acceptors (Lipinski definition) is 5. The first kappa shape index (κ1) is 20.5. The Kier molecular flexibility index (Phi) is 5.33. The number of nitrogens with one attached hydrogen (secondary N) is 2. The molecule has 1 amide bonds. The van der Waals surface area contributed by atoms with Crippen LogP contribution in [0.15, 0.2) is 35.2 Å². The Hall–Kier alpha value is -2.78. The highest BCUT2D eigenvalue weighted by molar-refractivity contribution is 7.89. The van der Waals surface area contributed by atoms with Gasteiger partial charge in [0.1, 0.15) is 0 Å². The van der Waals surface area contributed by atoms with E-state index < -0.39 is 26.9 Å². The van der Waals surface area contributed by atoms with Crippen molar-refractivity contribution in [2.24, 2.45) is 0 Å². The summed E-state index contributed by atoms with van der Waals surface area (Å²) >= 11 is 0. The SMILES string of the molecule is C[C@H](NS(=O)(=O)c1ccc([N+](=O)[O-])cc1)C(=O)Nc1c2c(cc3c1CCC3)CCC2. The van der Waals surface area contributed by atoms with Gasteiger partial charge >= 0.3 is 0 Å². The highest BCUT2D eigenvalue weighted by Gasteiger charge is 2.28. The number of carbonyl (C=O) groups excluding carboxylic acids is 1. The standard InChI is InChI=1S/C21H23N3O5S/c1-13(23-30(28,29)17-10-8-16(9-11-17)24(26)27)21(25)22-20-18-6-2-4-14(18)12-15-5-3-7-19(15)20/h8-13,23H,2-7H2,1H3,(H,22,25)/t13-/m0/s1. The lowest BCUT2D eigenvalue weighted by molar-refractivity contribution is -0.384. The molecule has 2 aromatic rings. The van der Waals surface area contributed by atoms with Crippen molar-refractivity contribution in [3.8, 4) is 0 Å².